The Morgan fingerprint density at radius 1 is 0.744 bits per heavy atom. The molecule has 1 aliphatic heterocycles. The average molecular weight is 576 g/mol. The van der Waals surface area contributed by atoms with E-state index >= 15 is 0 Å². The van der Waals surface area contributed by atoms with Gasteiger partial charge in [0.15, 0.2) is 0 Å². The number of hydrogen-bond donors (Lipinski definition) is 2. The van der Waals surface area contributed by atoms with E-state index in [1.54, 1.807) is 0 Å². The van der Waals surface area contributed by atoms with Crippen LogP contribution < -0.4 is 11.1 Å². The molecule has 6 heteroatoms. The van der Waals surface area contributed by atoms with Gasteiger partial charge in [-0.15, -0.1) is 0 Å². The molecule has 0 spiro atoms. The number of carbonyl (C=O) groups is 2. The summed E-state index contributed by atoms with van der Waals surface area (Å²) < 4.78 is 6.41. The quantitative estimate of drug-likeness (QED) is 0.195. The Kier molecular flexibility index (Phi) is 10.7. The van der Waals surface area contributed by atoms with Crippen molar-refractivity contribution in [2.24, 2.45) is 5.73 Å². The third-order valence-electron chi connectivity index (χ3n) is 8.07. The van der Waals surface area contributed by atoms with E-state index in [0.717, 1.165) is 11.1 Å². The van der Waals surface area contributed by atoms with Crippen LogP contribution in [0.15, 0.2) is 121 Å². The number of nitrogens with one attached hydrogen (secondary N) is 1. The lowest BCUT2D eigenvalue weighted by Crippen LogP contribution is -2.50. The van der Waals surface area contributed by atoms with Crippen molar-refractivity contribution in [3.63, 3.8) is 0 Å². The Morgan fingerprint density at radius 3 is 1.67 bits per heavy atom. The van der Waals surface area contributed by atoms with Gasteiger partial charge in [-0.05, 0) is 41.5 Å². The highest BCUT2D eigenvalue weighted by Crippen LogP contribution is 2.25. The number of ether oxygens (including phenoxy) is 1. The molecule has 1 fully saturated rings. The number of nitrogens with two attached hydrogens (primary N) is 1. The minimum Gasteiger partial charge on any atom is -0.459 e. The van der Waals surface area contributed by atoms with Crippen LogP contribution in [0.4, 0.5) is 0 Å². The summed E-state index contributed by atoms with van der Waals surface area (Å²) in [6, 6.07) is 40.3. The molecule has 222 valence electrons. The lowest BCUT2D eigenvalue weighted by molar-refractivity contribution is -0.156. The third kappa shape index (κ3) is 9.11. The van der Waals surface area contributed by atoms with Crippen LogP contribution in [-0.2, 0) is 40.3 Å². The van der Waals surface area contributed by atoms with Crippen molar-refractivity contribution in [2.45, 2.75) is 69.4 Å². The first-order valence-corrected chi connectivity index (χ1v) is 15.2. The van der Waals surface area contributed by atoms with Gasteiger partial charge in [0.1, 0.15) is 12.1 Å². The maximum atomic E-state index is 13.5. The molecular formula is C37H41N3O3. The van der Waals surface area contributed by atoms with Gasteiger partial charge in [-0.1, -0.05) is 121 Å². The average Bonchev–Trinajstić information content (AvgIpc) is 3.48. The Hall–Kier alpha value is -4.26. The van der Waals surface area contributed by atoms with E-state index in [2.05, 4.69) is 83.0 Å². The van der Waals surface area contributed by atoms with Gasteiger partial charge in [0, 0.05) is 32.0 Å². The van der Waals surface area contributed by atoms with Crippen LogP contribution >= 0.6 is 0 Å². The van der Waals surface area contributed by atoms with Crippen molar-refractivity contribution in [3.8, 4) is 0 Å². The minimum absolute atomic E-state index is 0.116. The van der Waals surface area contributed by atoms with Gasteiger partial charge in [-0.25, -0.2) is 4.79 Å². The lowest BCUT2D eigenvalue weighted by atomic mass is 9.92. The van der Waals surface area contributed by atoms with Crippen molar-refractivity contribution < 1.29 is 14.3 Å². The Morgan fingerprint density at radius 2 is 1.21 bits per heavy atom. The summed E-state index contributed by atoms with van der Waals surface area (Å²) in [4.78, 5) is 27.9. The first kappa shape index (κ1) is 30.2. The topological polar surface area (TPSA) is 84.7 Å². The van der Waals surface area contributed by atoms with Crippen molar-refractivity contribution in [1.29, 1.82) is 0 Å². The molecular weight excluding hydrogens is 534 g/mol. The summed E-state index contributed by atoms with van der Waals surface area (Å²) in [6.45, 7) is 1.35. The second-order valence-corrected chi connectivity index (χ2v) is 11.5. The molecule has 0 unspecified atom stereocenters. The fourth-order valence-corrected chi connectivity index (χ4v) is 5.88. The van der Waals surface area contributed by atoms with Gasteiger partial charge in [0.05, 0.1) is 6.04 Å². The third-order valence-corrected chi connectivity index (χ3v) is 8.07. The number of esters is 1. The van der Waals surface area contributed by atoms with Gasteiger partial charge in [0.25, 0.3) is 0 Å². The van der Waals surface area contributed by atoms with E-state index in [-0.39, 0.29) is 24.0 Å². The smallest absolute Gasteiger partial charge is 0.328 e. The van der Waals surface area contributed by atoms with Gasteiger partial charge in [0.2, 0.25) is 5.91 Å². The minimum atomic E-state index is -0.630. The molecule has 3 N–H and O–H groups in total. The summed E-state index contributed by atoms with van der Waals surface area (Å²) in [5, 5.41) is 2.79. The number of benzene rings is 4. The zero-order valence-corrected chi connectivity index (χ0v) is 24.6. The normalized spacial score (nSPS) is 16.8. The predicted octanol–water partition coefficient (Wildman–Crippen LogP) is 5.45. The zero-order chi connectivity index (χ0) is 29.9. The number of rotatable bonds is 14. The van der Waals surface area contributed by atoms with Crippen molar-refractivity contribution in [2.75, 3.05) is 0 Å². The molecule has 1 amide bonds. The molecule has 1 aliphatic rings. The van der Waals surface area contributed by atoms with E-state index in [4.69, 9.17) is 10.5 Å². The van der Waals surface area contributed by atoms with E-state index < -0.39 is 12.1 Å². The fraction of sp³-hybridized carbons (Fsp3) is 0.297. The maximum absolute atomic E-state index is 13.5. The molecule has 43 heavy (non-hydrogen) atoms. The lowest BCUT2D eigenvalue weighted by Gasteiger charge is -2.38. The number of carbonyl (C=O) groups excluding carboxylic acids is 2. The molecule has 4 atom stereocenters. The Balaban J connectivity index is 1.50. The predicted molar refractivity (Wildman–Crippen MR) is 170 cm³/mol. The number of amides is 1. The molecule has 4 aromatic rings. The molecule has 0 radical (unpaired) electrons. The molecule has 4 aromatic carbocycles. The highest BCUT2D eigenvalue weighted by molar-refractivity contribution is 5.88. The highest BCUT2D eigenvalue weighted by Gasteiger charge is 2.36. The van der Waals surface area contributed by atoms with Crippen LogP contribution in [0, 0.1) is 0 Å². The first-order chi connectivity index (χ1) is 21.0. The second kappa shape index (κ2) is 15.3. The summed E-state index contributed by atoms with van der Waals surface area (Å²) in [5.74, 6) is -0.505. The van der Waals surface area contributed by atoms with Crippen LogP contribution in [0.3, 0.4) is 0 Å². The summed E-state index contributed by atoms with van der Waals surface area (Å²) in [5.41, 5.74) is 11.5. The van der Waals surface area contributed by atoms with Gasteiger partial charge < -0.3 is 15.8 Å². The molecule has 5 rings (SSSR count). The van der Waals surface area contributed by atoms with Gasteiger partial charge in [-0.3, -0.25) is 9.69 Å². The van der Waals surface area contributed by atoms with Crippen LogP contribution in [-0.4, -0.2) is 41.0 Å². The first-order valence-electron chi connectivity index (χ1n) is 15.2. The second-order valence-electron chi connectivity index (χ2n) is 11.5. The van der Waals surface area contributed by atoms with E-state index in [0.29, 0.717) is 45.2 Å². The maximum Gasteiger partial charge on any atom is 0.328 e. The van der Waals surface area contributed by atoms with E-state index in [1.807, 2.05) is 48.5 Å². The molecule has 0 saturated carbocycles. The highest BCUT2D eigenvalue weighted by atomic mass is 16.5. The molecule has 0 bridgehead atoms. The number of hydrogen-bond acceptors (Lipinski definition) is 5. The Labute approximate surface area is 254 Å². The fourth-order valence-electron chi connectivity index (χ4n) is 5.88. The number of nitrogens with zero attached hydrogens (tertiary/aromatic N) is 1. The molecule has 1 saturated heterocycles. The van der Waals surface area contributed by atoms with Crippen LogP contribution in [0.5, 0.6) is 0 Å². The summed E-state index contributed by atoms with van der Waals surface area (Å²) in [6.07, 6.45) is 2.11. The molecule has 0 aliphatic carbocycles. The SMILES string of the molecule is N[C@@H](Cc1ccccc1)C[C@H](OC(=O)[C@@H]1CCC(=O)N1)[C@H](Cc1ccccc1)N(Cc1ccccc1)Cc1ccccc1. The van der Waals surface area contributed by atoms with Crippen LogP contribution in [0.25, 0.3) is 0 Å². The van der Waals surface area contributed by atoms with Crippen LogP contribution in [0.2, 0.25) is 0 Å². The molecule has 0 aromatic heterocycles. The summed E-state index contributed by atoms with van der Waals surface area (Å²) in [7, 11) is 0. The van der Waals surface area contributed by atoms with Gasteiger partial charge in [-0.2, -0.15) is 0 Å². The van der Waals surface area contributed by atoms with Crippen LogP contribution in [0.1, 0.15) is 41.5 Å². The molecule has 1 heterocycles. The van der Waals surface area contributed by atoms with Crippen molar-refractivity contribution in [1.82, 2.24) is 10.2 Å². The summed E-state index contributed by atoms with van der Waals surface area (Å²) >= 11 is 0. The monoisotopic (exact) mass is 575 g/mol. The van der Waals surface area contributed by atoms with E-state index in [9.17, 15) is 9.59 Å². The standard InChI is InChI=1S/C37H41N3O3/c38-32(23-28-13-5-1-6-14-28)25-35(43-37(42)33-21-22-36(41)39-33)34(24-29-15-7-2-8-16-29)40(26-30-17-9-3-10-18-30)27-31-19-11-4-12-20-31/h1-20,32-35H,21-27,38H2,(H,39,41)/t32-,33-,34-,35-/m0/s1. The largest absolute Gasteiger partial charge is 0.459 e. The van der Waals surface area contributed by atoms with Crippen molar-refractivity contribution in [3.05, 3.63) is 144 Å². The Bertz CT molecular complexity index is 1380. The molecule has 6 nitrogen and oxygen atoms in total. The van der Waals surface area contributed by atoms with Gasteiger partial charge >= 0.3 is 5.97 Å². The van der Waals surface area contributed by atoms with Crippen molar-refractivity contribution >= 4 is 11.9 Å². The van der Waals surface area contributed by atoms with E-state index in [1.165, 1.54) is 11.1 Å². The zero-order valence-electron chi connectivity index (χ0n) is 24.6.